The highest BCUT2D eigenvalue weighted by atomic mass is 127. The molecule has 2 N–H and O–H groups in total. The molecule has 0 aliphatic carbocycles. The number of aliphatic imine (C=N–C) groups is 1. The van der Waals surface area contributed by atoms with E-state index in [4.69, 9.17) is 4.74 Å². The fraction of sp³-hybridized carbons (Fsp3) is 0.650. The van der Waals surface area contributed by atoms with Gasteiger partial charge in [-0.25, -0.2) is 0 Å². The van der Waals surface area contributed by atoms with Crippen LogP contribution in [0.25, 0.3) is 0 Å². The van der Waals surface area contributed by atoms with E-state index in [9.17, 15) is 0 Å². The Balaban J connectivity index is 0.00000196. The van der Waals surface area contributed by atoms with Gasteiger partial charge in [-0.15, -0.1) is 24.0 Å². The number of hydrogen-bond acceptors (Lipinski definition) is 3. The van der Waals surface area contributed by atoms with Crippen LogP contribution in [0, 0.1) is 0 Å². The lowest BCUT2D eigenvalue weighted by atomic mass is 9.96. The highest BCUT2D eigenvalue weighted by molar-refractivity contribution is 14.0. The minimum absolute atomic E-state index is 0. The topological polar surface area (TPSA) is 48.9 Å². The van der Waals surface area contributed by atoms with Crippen molar-refractivity contribution in [3.63, 3.8) is 0 Å². The second kappa shape index (κ2) is 8.89. The summed E-state index contributed by atoms with van der Waals surface area (Å²) in [4.78, 5) is 6.97. The largest absolute Gasteiger partial charge is 0.373 e. The summed E-state index contributed by atoms with van der Waals surface area (Å²) < 4.78 is 5.93. The van der Waals surface area contributed by atoms with Crippen LogP contribution < -0.4 is 10.6 Å². The summed E-state index contributed by atoms with van der Waals surface area (Å²) >= 11 is 0. The molecular weight excluding hydrogens is 439 g/mol. The Labute approximate surface area is 174 Å². The van der Waals surface area contributed by atoms with Crippen LogP contribution in [0.2, 0.25) is 0 Å². The average molecular weight is 470 g/mol. The van der Waals surface area contributed by atoms with Gasteiger partial charge in [-0.2, -0.15) is 0 Å². The molecule has 4 atom stereocenters. The molecule has 6 heteroatoms. The van der Waals surface area contributed by atoms with E-state index >= 15 is 0 Å². The molecule has 26 heavy (non-hydrogen) atoms. The lowest BCUT2D eigenvalue weighted by Crippen LogP contribution is -2.51. The molecule has 2 fully saturated rings. The molecule has 0 spiro atoms. The van der Waals surface area contributed by atoms with E-state index in [1.807, 2.05) is 7.05 Å². The normalized spacial score (nSPS) is 29.0. The fourth-order valence-electron chi connectivity index (χ4n) is 4.43. The first-order chi connectivity index (χ1) is 12.2. The lowest BCUT2D eigenvalue weighted by Gasteiger charge is -2.34. The summed E-state index contributed by atoms with van der Waals surface area (Å²) in [5.74, 6) is 0.908. The van der Waals surface area contributed by atoms with Crippen molar-refractivity contribution in [2.24, 2.45) is 4.99 Å². The number of nitrogens with one attached hydrogen (secondary N) is 2. The number of rotatable bonds is 4. The Hall–Kier alpha value is -0.860. The van der Waals surface area contributed by atoms with Crippen molar-refractivity contribution in [3.05, 3.63) is 35.4 Å². The number of benzene rings is 1. The number of nitrogens with zero attached hydrogens (tertiary/aromatic N) is 2. The molecule has 0 saturated carbocycles. The van der Waals surface area contributed by atoms with Gasteiger partial charge in [0.25, 0.3) is 0 Å². The SMILES string of the molecule is CN=C(NCC(C)N1CCc2ccccc2C1)NC1CC2CCC1O2.I. The molecule has 3 heterocycles. The summed E-state index contributed by atoms with van der Waals surface area (Å²) in [6.45, 7) is 5.38. The molecular formula is C20H31IN4O. The maximum Gasteiger partial charge on any atom is 0.191 e. The first-order valence-corrected chi connectivity index (χ1v) is 9.66. The Morgan fingerprint density at radius 2 is 2.12 bits per heavy atom. The first kappa shape index (κ1) is 19.9. The summed E-state index contributed by atoms with van der Waals surface area (Å²) in [5.41, 5.74) is 2.98. The summed E-state index contributed by atoms with van der Waals surface area (Å²) in [6, 6.07) is 9.71. The van der Waals surface area contributed by atoms with Crippen LogP contribution in [0.5, 0.6) is 0 Å². The van der Waals surface area contributed by atoms with Gasteiger partial charge in [0.1, 0.15) is 0 Å². The number of guanidine groups is 1. The third-order valence-corrected chi connectivity index (χ3v) is 6.00. The van der Waals surface area contributed by atoms with E-state index in [1.165, 1.54) is 24.0 Å². The van der Waals surface area contributed by atoms with Gasteiger partial charge < -0.3 is 15.4 Å². The molecule has 3 aliphatic heterocycles. The number of ether oxygens (including phenoxy) is 1. The highest BCUT2D eigenvalue weighted by Gasteiger charge is 2.41. The van der Waals surface area contributed by atoms with Crippen molar-refractivity contribution < 1.29 is 4.74 Å². The second-order valence-corrected chi connectivity index (χ2v) is 7.65. The summed E-state index contributed by atoms with van der Waals surface area (Å²) in [6.07, 6.45) is 5.51. The second-order valence-electron chi connectivity index (χ2n) is 7.65. The zero-order chi connectivity index (χ0) is 17.2. The van der Waals surface area contributed by atoms with Gasteiger partial charge in [0, 0.05) is 32.7 Å². The van der Waals surface area contributed by atoms with Crippen LogP contribution >= 0.6 is 24.0 Å². The summed E-state index contributed by atoms with van der Waals surface area (Å²) in [5, 5.41) is 7.08. The van der Waals surface area contributed by atoms with Gasteiger partial charge in [0.2, 0.25) is 0 Å². The maximum absolute atomic E-state index is 5.93. The van der Waals surface area contributed by atoms with E-state index in [1.54, 1.807) is 0 Å². The van der Waals surface area contributed by atoms with Crippen LogP contribution in [-0.2, 0) is 17.7 Å². The number of fused-ring (bicyclic) bond motifs is 3. The average Bonchev–Trinajstić information content (AvgIpc) is 3.27. The molecule has 144 valence electrons. The third-order valence-electron chi connectivity index (χ3n) is 6.00. The van der Waals surface area contributed by atoms with Crippen LogP contribution in [0.1, 0.15) is 37.3 Å². The molecule has 0 amide bonds. The molecule has 5 nitrogen and oxygen atoms in total. The Morgan fingerprint density at radius 3 is 2.81 bits per heavy atom. The van der Waals surface area contributed by atoms with Gasteiger partial charge in [0.05, 0.1) is 18.2 Å². The quantitative estimate of drug-likeness (QED) is 0.404. The lowest BCUT2D eigenvalue weighted by molar-refractivity contribution is 0.0992. The molecule has 3 aliphatic rings. The molecule has 0 radical (unpaired) electrons. The van der Waals surface area contributed by atoms with Gasteiger partial charge in [-0.1, -0.05) is 24.3 Å². The highest BCUT2D eigenvalue weighted by Crippen LogP contribution is 2.34. The minimum atomic E-state index is 0. The molecule has 4 unspecified atom stereocenters. The fourth-order valence-corrected chi connectivity index (χ4v) is 4.43. The Kier molecular flexibility index (Phi) is 6.80. The molecule has 2 bridgehead atoms. The van der Waals surface area contributed by atoms with E-state index in [-0.39, 0.29) is 24.0 Å². The third kappa shape index (κ3) is 4.34. The maximum atomic E-state index is 5.93. The molecule has 4 rings (SSSR count). The monoisotopic (exact) mass is 470 g/mol. The van der Waals surface area contributed by atoms with Crippen LogP contribution in [0.4, 0.5) is 0 Å². The van der Waals surface area contributed by atoms with E-state index in [0.717, 1.165) is 38.4 Å². The Morgan fingerprint density at radius 1 is 1.31 bits per heavy atom. The Bertz CT molecular complexity index is 638. The predicted molar refractivity (Wildman–Crippen MR) is 116 cm³/mol. The van der Waals surface area contributed by atoms with Gasteiger partial charge in [-0.05, 0) is 43.7 Å². The molecule has 0 aromatic heterocycles. The standard InChI is InChI=1S/C20H30N4O.HI/c1-14(24-10-9-15-5-3-4-6-16(15)13-24)12-22-20(21-2)23-18-11-17-7-8-19(18)25-17;/h3-6,14,17-19H,7-13H2,1-2H3,(H2,21,22,23);1H. The smallest absolute Gasteiger partial charge is 0.191 e. The summed E-state index contributed by atoms with van der Waals surface area (Å²) in [7, 11) is 1.85. The molecule has 1 aromatic carbocycles. The van der Waals surface area contributed by atoms with Crippen molar-refractivity contribution in [3.8, 4) is 0 Å². The number of halogens is 1. The van der Waals surface area contributed by atoms with E-state index < -0.39 is 0 Å². The first-order valence-electron chi connectivity index (χ1n) is 9.66. The zero-order valence-electron chi connectivity index (χ0n) is 15.8. The van der Waals surface area contributed by atoms with Crippen LogP contribution in [0.15, 0.2) is 29.3 Å². The zero-order valence-corrected chi connectivity index (χ0v) is 18.1. The van der Waals surface area contributed by atoms with Crippen LogP contribution in [0.3, 0.4) is 0 Å². The predicted octanol–water partition coefficient (Wildman–Crippen LogP) is 2.54. The van der Waals surface area contributed by atoms with E-state index in [0.29, 0.717) is 24.3 Å². The van der Waals surface area contributed by atoms with Crippen LogP contribution in [-0.4, -0.2) is 55.3 Å². The van der Waals surface area contributed by atoms with E-state index in [2.05, 4.69) is 51.7 Å². The number of hydrogen-bond donors (Lipinski definition) is 2. The van der Waals surface area contributed by atoms with Gasteiger partial charge in [0.15, 0.2) is 5.96 Å². The van der Waals surface area contributed by atoms with Crippen molar-refractivity contribution >= 4 is 29.9 Å². The molecule has 2 saturated heterocycles. The van der Waals surface area contributed by atoms with Crippen molar-refractivity contribution in [2.45, 2.75) is 63.4 Å². The van der Waals surface area contributed by atoms with Crippen molar-refractivity contribution in [1.29, 1.82) is 0 Å². The van der Waals surface area contributed by atoms with Gasteiger partial charge in [-0.3, -0.25) is 9.89 Å². The molecule has 1 aromatic rings. The van der Waals surface area contributed by atoms with Gasteiger partial charge >= 0.3 is 0 Å². The minimum Gasteiger partial charge on any atom is -0.373 e. The van der Waals surface area contributed by atoms with Crippen molar-refractivity contribution in [1.82, 2.24) is 15.5 Å². The van der Waals surface area contributed by atoms with Crippen molar-refractivity contribution in [2.75, 3.05) is 20.1 Å².